The van der Waals surface area contributed by atoms with E-state index >= 15 is 0 Å². The number of imidazole rings is 1. The third kappa shape index (κ3) is 3.00. The number of nitrogens with one attached hydrogen (secondary N) is 1. The van der Waals surface area contributed by atoms with Crippen LogP contribution in [0.2, 0.25) is 0 Å². The predicted molar refractivity (Wildman–Crippen MR) is 89.4 cm³/mol. The molecule has 1 aromatic carbocycles. The molecule has 1 unspecified atom stereocenters. The zero-order chi connectivity index (χ0) is 17.5. The molecule has 6 heteroatoms. The van der Waals surface area contributed by atoms with Gasteiger partial charge in [-0.25, -0.2) is 9.37 Å². The second kappa shape index (κ2) is 5.92. The number of nitrogens with zero attached hydrogens (tertiary/aromatic N) is 2. The molecule has 0 radical (unpaired) electrons. The first-order chi connectivity index (χ1) is 11.3. The fourth-order valence-electron chi connectivity index (χ4n) is 3.06. The van der Waals surface area contributed by atoms with E-state index in [-0.39, 0.29) is 23.2 Å². The van der Waals surface area contributed by atoms with Gasteiger partial charge in [0.25, 0.3) is 0 Å². The first-order valence-electron chi connectivity index (χ1n) is 7.99. The molecule has 1 aromatic heterocycles. The summed E-state index contributed by atoms with van der Waals surface area (Å²) >= 11 is 0. The standard InChI is InChI=1S/C18H22FN3O2/c1-18(2,3)22-10-11(7-16(22)23)17-20-9-15(21-17)13-6-5-12(24-4)8-14(13)19/h5-6,8-9,11H,7,10H2,1-4H3,(H,20,21). The number of amides is 1. The van der Waals surface area contributed by atoms with E-state index in [0.717, 1.165) is 5.82 Å². The minimum Gasteiger partial charge on any atom is -0.497 e. The van der Waals surface area contributed by atoms with Crippen LogP contribution < -0.4 is 4.74 Å². The van der Waals surface area contributed by atoms with Crippen LogP contribution in [0.25, 0.3) is 11.3 Å². The van der Waals surface area contributed by atoms with Crippen molar-refractivity contribution in [1.29, 1.82) is 0 Å². The summed E-state index contributed by atoms with van der Waals surface area (Å²) in [5.41, 5.74) is 0.835. The molecule has 0 aliphatic carbocycles. The molecular weight excluding hydrogens is 309 g/mol. The molecule has 0 saturated carbocycles. The van der Waals surface area contributed by atoms with E-state index in [0.29, 0.717) is 30.0 Å². The zero-order valence-electron chi connectivity index (χ0n) is 14.4. The van der Waals surface area contributed by atoms with Crippen molar-refractivity contribution >= 4 is 5.91 Å². The van der Waals surface area contributed by atoms with Gasteiger partial charge in [-0.2, -0.15) is 0 Å². The highest BCUT2D eigenvalue weighted by molar-refractivity contribution is 5.80. The number of methoxy groups -OCH3 is 1. The monoisotopic (exact) mass is 331 g/mol. The number of H-pyrrole nitrogens is 1. The molecule has 2 aromatic rings. The van der Waals surface area contributed by atoms with Crippen LogP contribution in [-0.4, -0.2) is 40.0 Å². The fraction of sp³-hybridized carbons (Fsp3) is 0.444. The highest BCUT2D eigenvalue weighted by Crippen LogP contribution is 2.33. The van der Waals surface area contributed by atoms with Gasteiger partial charge >= 0.3 is 0 Å². The van der Waals surface area contributed by atoms with Crippen molar-refractivity contribution in [3.8, 4) is 17.0 Å². The Morgan fingerprint density at radius 3 is 2.71 bits per heavy atom. The van der Waals surface area contributed by atoms with Crippen LogP contribution in [0, 0.1) is 5.82 Å². The molecule has 1 atom stereocenters. The number of aromatic nitrogens is 2. The molecule has 1 aliphatic heterocycles. The van der Waals surface area contributed by atoms with Gasteiger partial charge in [0.1, 0.15) is 17.4 Å². The van der Waals surface area contributed by atoms with Crippen molar-refractivity contribution in [3.05, 3.63) is 36.0 Å². The van der Waals surface area contributed by atoms with Gasteiger partial charge in [0.05, 0.1) is 19.0 Å². The Labute approximate surface area is 140 Å². The number of hydrogen-bond acceptors (Lipinski definition) is 3. The van der Waals surface area contributed by atoms with Gasteiger partial charge in [-0.3, -0.25) is 4.79 Å². The summed E-state index contributed by atoms with van der Waals surface area (Å²) in [4.78, 5) is 21.6. The molecule has 1 fully saturated rings. The summed E-state index contributed by atoms with van der Waals surface area (Å²) in [5, 5.41) is 0. The Bertz CT molecular complexity index is 764. The molecule has 128 valence electrons. The SMILES string of the molecule is COc1ccc(-c2cnc(C3CC(=O)N(C(C)(C)C)C3)[nH]2)c(F)c1. The molecule has 0 bridgehead atoms. The van der Waals surface area contributed by atoms with Crippen LogP contribution in [0.5, 0.6) is 5.75 Å². The summed E-state index contributed by atoms with van der Waals surface area (Å²) in [6.07, 6.45) is 2.04. The third-order valence-corrected chi connectivity index (χ3v) is 4.38. The number of ether oxygens (including phenoxy) is 1. The zero-order valence-corrected chi connectivity index (χ0v) is 14.4. The van der Waals surface area contributed by atoms with E-state index in [4.69, 9.17) is 4.74 Å². The van der Waals surface area contributed by atoms with Crippen molar-refractivity contribution < 1.29 is 13.9 Å². The van der Waals surface area contributed by atoms with Crippen molar-refractivity contribution in [2.75, 3.05) is 13.7 Å². The van der Waals surface area contributed by atoms with Crippen LogP contribution >= 0.6 is 0 Å². The van der Waals surface area contributed by atoms with Gasteiger partial charge in [0.15, 0.2) is 0 Å². The van der Waals surface area contributed by atoms with Crippen molar-refractivity contribution in [2.24, 2.45) is 0 Å². The van der Waals surface area contributed by atoms with Gasteiger partial charge < -0.3 is 14.6 Å². The first-order valence-corrected chi connectivity index (χ1v) is 7.99. The summed E-state index contributed by atoms with van der Waals surface area (Å²) < 4.78 is 19.2. The van der Waals surface area contributed by atoms with Crippen LogP contribution in [0.15, 0.2) is 24.4 Å². The van der Waals surface area contributed by atoms with Crippen LogP contribution in [0.4, 0.5) is 4.39 Å². The van der Waals surface area contributed by atoms with E-state index in [1.54, 1.807) is 18.3 Å². The van der Waals surface area contributed by atoms with Crippen LogP contribution in [0.3, 0.4) is 0 Å². The Balaban J connectivity index is 1.83. The summed E-state index contributed by atoms with van der Waals surface area (Å²) in [7, 11) is 1.50. The quantitative estimate of drug-likeness (QED) is 0.938. The minimum absolute atomic E-state index is 0.00628. The Hall–Kier alpha value is -2.37. The number of benzene rings is 1. The number of likely N-dealkylation sites (tertiary alicyclic amines) is 1. The largest absolute Gasteiger partial charge is 0.497 e. The molecule has 5 nitrogen and oxygen atoms in total. The molecule has 1 N–H and O–H groups in total. The Morgan fingerprint density at radius 2 is 2.12 bits per heavy atom. The molecule has 24 heavy (non-hydrogen) atoms. The number of aromatic amines is 1. The summed E-state index contributed by atoms with van der Waals surface area (Å²) in [6.45, 7) is 6.69. The molecule has 1 amide bonds. The Kier molecular flexibility index (Phi) is 4.07. The fourth-order valence-corrected chi connectivity index (χ4v) is 3.06. The molecule has 2 heterocycles. The minimum atomic E-state index is -0.372. The summed E-state index contributed by atoms with van der Waals surface area (Å²) in [6, 6.07) is 4.71. The number of halogens is 1. The van der Waals surface area contributed by atoms with Gasteiger partial charge in [0.2, 0.25) is 5.91 Å². The maximum Gasteiger partial charge on any atom is 0.223 e. The topological polar surface area (TPSA) is 58.2 Å². The van der Waals surface area contributed by atoms with Gasteiger partial charge in [-0.15, -0.1) is 0 Å². The van der Waals surface area contributed by atoms with E-state index in [9.17, 15) is 9.18 Å². The van der Waals surface area contributed by atoms with E-state index < -0.39 is 0 Å². The second-order valence-corrected chi connectivity index (χ2v) is 7.10. The maximum absolute atomic E-state index is 14.2. The normalized spacial score (nSPS) is 18.3. The molecular formula is C18H22FN3O2. The first kappa shape index (κ1) is 16.5. The lowest BCUT2D eigenvalue weighted by Crippen LogP contribution is -2.42. The lowest BCUT2D eigenvalue weighted by molar-refractivity contribution is -0.131. The Morgan fingerprint density at radius 1 is 1.38 bits per heavy atom. The number of carbonyl (C=O) groups is 1. The predicted octanol–water partition coefficient (Wildman–Crippen LogP) is 3.34. The van der Waals surface area contributed by atoms with E-state index in [1.807, 2.05) is 25.7 Å². The number of carbonyl (C=O) groups excluding carboxylic acids is 1. The summed E-state index contributed by atoms with van der Waals surface area (Å²) in [5.74, 6) is 0.953. The number of rotatable bonds is 3. The lowest BCUT2D eigenvalue weighted by atomic mass is 10.1. The van der Waals surface area contributed by atoms with Gasteiger partial charge in [-0.1, -0.05) is 0 Å². The smallest absolute Gasteiger partial charge is 0.223 e. The maximum atomic E-state index is 14.2. The van der Waals surface area contributed by atoms with E-state index in [1.165, 1.54) is 13.2 Å². The lowest BCUT2D eigenvalue weighted by Gasteiger charge is -2.31. The van der Waals surface area contributed by atoms with Gasteiger partial charge in [-0.05, 0) is 32.9 Å². The highest BCUT2D eigenvalue weighted by Gasteiger charge is 2.38. The van der Waals surface area contributed by atoms with Gasteiger partial charge in [0, 0.05) is 36.1 Å². The number of hydrogen-bond donors (Lipinski definition) is 1. The third-order valence-electron chi connectivity index (χ3n) is 4.38. The van der Waals surface area contributed by atoms with Crippen molar-refractivity contribution in [3.63, 3.8) is 0 Å². The molecule has 3 rings (SSSR count). The van der Waals surface area contributed by atoms with Crippen LogP contribution in [0.1, 0.15) is 38.9 Å². The second-order valence-electron chi connectivity index (χ2n) is 7.10. The van der Waals surface area contributed by atoms with E-state index in [2.05, 4.69) is 9.97 Å². The average molecular weight is 331 g/mol. The van der Waals surface area contributed by atoms with Crippen LogP contribution in [-0.2, 0) is 4.79 Å². The molecule has 1 aliphatic rings. The molecule has 1 saturated heterocycles. The van der Waals surface area contributed by atoms with Crippen molar-refractivity contribution in [2.45, 2.75) is 38.6 Å². The molecule has 0 spiro atoms. The van der Waals surface area contributed by atoms with Crippen molar-refractivity contribution in [1.82, 2.24) is 14.9 Å². The average Bonchev–Trinajstić information content (AvgIpc) is 3.13. The highest BCUT2D eigenvalue weighted by atomic mass is 19.1.